The molecule has 1 saturated heterocycles. The number of ether oxygens (including phenoxy) is 1. The van der Waals surface area contributed by atoms with Crippen LogP contribution < -0.4 is 0 Å². The van der Waals surface area contributed by atoms with E-state index >= 15 is 0 Å². The number of amides is 1. The molecule has 7 nitrogen and oxygen atoms in total. The van der Waals surface area contributed by atoms with E-state index < -0.39 is 5.54 Å². The van der Waals surface area contributed by atoms with Crippen molar-refractivity contribution in [2.24, 2.45) is 5.18 Å². The van der Waals surface area contributed by atoms with Crippen LogP contribution in [0.1, 0.15) is 61.0 Å². The minimum atomic E-state index is -0.516. The molecule has 1 amide bonds. The lowest BCUT2D eigenvalue weighted by molar-refractivity contribution is 0.0217. The Balaban J connectivity index is 1.27. The van der Waals surface area contributed by atoms with Crippen LogP contribution in [-0.2, 0) is 17.6 Å². The molecular weight excluding hydrogens is 452 g/mol. The number of nitrogens with zero attached hydrogens (tertiary/aromatic N) is 4. The summed E-state index contributed by atoms with van der Waals surface area (Å²) in [7, 11) is 0. The molecule has 3 aliphatic rings. The first kappa shape index (κ1) is 23.2. The maximum Gasteiger partial charge on any atom is 0.410 e. The fourth-order valence-corrected chi connectivity index (χ4v) is 5.75. The molecule has 1 aromatic carbocycles. The highest BCUT2D eigenvalue weighted by molar-refractivity contribution is 6.30. The second kappa shape index (κ2) is 9.62. The summed E-state index contributed by atoms with van der Waals surface area (Å²) in [5.41, 5.74) is 4.39. The minimum Gasteiger partial charge on any atom is -0.446 e. The highest BCUT2D eigenvalue weighted by Crippen LogP contribution is 2.37. The number of fused-ring (bicyclic) bond motifs is 2. The van der Waals surface area contributed by atoms with E-state index in [1.807, 2.05) is 25.3 Å². The third-order valence-electron chi connectivity index (χ3n) is 7.68. The highest BCUT2D eigenvalue weighted by Gasteiger charge is 2.36. The van der Waals surface area contributed by atoms with Crippen LogP contribution in [0.15, 0.2) is 41.7 Å². The average molecular weight is 483 g/mol. The number of hydrogen-bond acceptors (Lipinski definition) is 6. The summed E-state index contributed by atoms with van der Waals surface area (Å²) in [6, 6.07) is 10.4. The van der Waals surface area contributed by atoms with Crippen LogP contribution in [0.5, 0.6) is 0 Å². The molecule has 2 heterocycles. The lowest BCUT2D eigenvalue weighted by atomic mass is 9.83. The Labute approximate surface area is 205 Å². The maximum absolute atomic E-state index is 12.8. The van der Waals surface area contributed by atoms with Gasteiger partial charge in [-0.1, -0.05) is 28.9 Å². The quantitative estimate of drug-likeness (QED) is 0.566. The van der Waals surface area contributed by atoms with Gasteiger partial charge in [-0.2, -0.15) is 4.91 Å². The highest BCUT2D eigenvalue weighted by atomic mass is 35.5. The van der Waals surface area contributed by atoms with Gasteiger partial charge in [-0.05, 0) is 80.3 Å². The molecule has 1 aromatic heterocycles. The topological polar surface area (TPSA) is 75.1 Å². The Morgan fingerprint density at radius 1 is 1.12 bits per heavy atom. The van der Waals surface area contributed by atoms with Crippen LogP contribution in [0.3, 0.4) is 0 Å². The molecule has 180 valence electrons. The summed E-state index contributed by atoms with van der Waals surface area (Å²) in [5, 5.41) is 4.02. The van der Waals surface area contributed by atoms with Gasteiger partial charge in [0.2, 0.25) is 0 Å². The molecule has 34 heavy (non-hydrogen) atoms. The predicted octanol–water partition coefficient (Wildman–Crippen LogP) is 5.14. The first-order chi connectivity index (χ1) is 16.5. The number of halogens is 1. The van der Waals surface area contributed by atoms with E-state index in [1.54, 1.807) is 4.90 Å². The van der Waals surface area contributed by atoms with Gasteiger partial charge in [-0.15, -0.1) is 0 Å². The fraction of sp³-hybridized carbons (Fsp3) is 0.538. The van der Waals surface area contributed by atoms with Gasteiger partial charge in [0.25, 0.3) is 0 Å². The lowest BCUT2D eigenvalue weighted by Gasteiger charge is -2.40. The van der Waals surface area contributed by atoms with Gasteiger partial charge >= 0.3 is 6.09 Å². The predicted molar refractivity (Wildman–Crippen MR) is 131 cm³/mol. The second-order valence-electron chi connectivity index (χ2n) is 9.99. The molecule has 1 aliphatic heterocycles. The standard InChI is InChI=1S/C26H31ClN4O3/c1-26(29-33)10-8-21(9-11-26)34-25(32)31-15-13-30(14-16-31)24-22-7-6-20(27)17-19(22)5-4-18-3-2-12-28-23(18)24/h2-3,6-7,12,17,21,24H,4-5,8-11,13-16H2,1H3. The van der Waals surface area contributed by atoms with Crippen LogP contribution in [0.4, 0.5) is 4.79 Å². The third-order valence-corrected chi connectivity index (χ3v) is 7.92. The Hall–Kier alpha value is -2.51. The zero-order valence-corrected chi connectivity index (χ0v) is 20.3. The molecule has 2 aliphatic carbocycles. The van der Waals surface area contributed by atoms with Crippen molar-refractivity contribution in [1.82, 2.24) is 14.8 Å². The summed E-state index contributed by atoms with van der Waals surface area (Å²) >= 11 is 6.32. The summed E-state index contributed by atoms with van der Waals surface area (Å²) in [4.78, 5) is 32.9. The van der Waals surface area contributed by atoms with Gasteiger partial charge in [0.15, 0.2) is 0 Å². The van der Waals surface area contributed by atoms with Crippen molar-refractivity contribution in [3.63, 3.8) is 0 Å². The summed E-state index contributed by atoms with van der Waals surface area (Å²) in [5.74, 6) is 0. The average Bonchev–Trinajstić information content (AvgIpc) is 3.02. The Bertz CT molecular complexity index is 1060. The zero-order chi connectivity index (χ0) is 23.7. The van der Waals surface area contributed by atoms with Crippen molar-refractivity contribution in [3.05, 3.63) is 68.8 Å². The first-order valence-electron chi connectivity index (χ1n) is 12.2. The normalized spacial score (nSPS) is 27.3. The molecule has 0 spiro atoms. The molecule has 1 atom stereocenters. The lowest BCUT2D eigenvalue weighted by Crippen LogP contribution is -2.51. The molecule has 0 radical (unpaired) electrons. The van der Waals surface area contributed by atoms with Crippen molar-refractivity contribution in [1.29, 1.82) is 0 Å². The molecule has 1 unspecified atom stereocenters. The molecule has 0 N–H and O–H groups in total. The molecule has 2 aromatic rings. The van der Waals surface area contributed by atoms with Crippen molar-refractivity contribution < 1.29 is 9.53 Å². The first-order valence-corrected chi connectivity index (χ1v) is 12.6. The van der Waals surface area contributed by atoms with Crippen LogP contribution in [-0.4, -0.2) is 58.7 Å². The summed E-state index contributed by atoms with van der Waals surface area (Å²) in [6.45, 7) is 4.59. The van der Waals surface area contributed by atoms with E-state index in [9.17, 15) is 9.70 Å². The van der Waals surface area contributed by atoms with Crippen LogP contribution in [0.2, 0.25) is 5.02 Å². The van der Waals surface area contributed by atoms with Gasteiger partial charge in [0.05, 0.1) is 11.7 Å². The van der Waals surface area contributed by atoms with Gasteiger partial charge in [0.1, 0.15) is 11.6 Å². The van der Waals surface area contributed by atoms with Crippen molar-refractivity contribution in [3.8, 4) is 0 Å². The number of nitroso groups, excluding NO2 is 1. The van der Waals surface area contributed by atoms with E-state index in [2.05, 4.69) is 28.3 Å². The monoisotopic (exact) mass is 482 g/mol. The fourth-order valence-electron chi connectivity index (χ4n) is 5.55. The number of carbonyl (C=O) groups excluding carboxylic acids is 1. The number of aryl methyl sites for hydroxylation is 2. The number of pyridine rings is 1. The SMILES string of the molecule is CC1(N=O)CCC(OC(=O)N2CCN(C3c4ccc(Cl)cc4CCc4cccnc43)CC2)CC1. The third kappa shape index (κ3) is 4.68. The van der Waals surface area contributed by atoms with Crippen molar-refractivity contribution >= 4 is 17.7 Å². The van der Waals surface area contributed by atoms with Crippen molar-refractivity contribution in [2.45, 2.75) is 63.1 Å². The zero-order valence-electron chi connectivity index (χ0n) is 19.6. The molecule has 2 fully saturated rings. The van der Waals surface area contributed by atoms with E-state index in [4.69, 9.17) is 21.3 Å². The molecule has 5 rings (SSSR count). The van der Waals surface area contributed by atoms with E-state index in [-0.39, 0.29) is 18.2 Å². The number of benzene rings is 1. The number of piperazine rings is 1. The number of rotatable bonds is 3. The van der Waals surface area contributed by atoms with Crippen molar-refractivity contribution in [2.75, 3.05) is 26.2 Å². The van der Waals surface area contributed by atoms with Crippen LogP contribution in [0, 0.1) is 4.91 Å². The molecule has 1 saturated carbocycles. The number of aromatic nitrogens is 1. The Morgan fingerprint density at radius 2 is 1.85 bits per heavy atom. The number of hydrogen-bond donors (Lipinski definition) is 0. The summed E-state index contributed by atoms with van der Waals surface area (Å²) in [6.07, 6.45) is 6.09. The van der Waals surface area contributed by atoms with Gasteiger partial charge in [-0.3, -0.25) is 9.88 Å². The van der Waals surface area contributed by atoms with Crippen LogP contribution >= 0.6 is 11.6 Å². The number of carbonyl (C=O) groups is 1. The maximum atomic E-state index is 12.8. The molecule has 8 heteroatoms. The van der Waals surface area contributed by atoms with E-state index in [0.717, 1.165) is 36.6 Å². The van der Waals surface area contributed by atoms with Crippen LogP contribution in [0.25, 0.3) is 0 Å². The Morgan fingerprint density at radius 3 is 2.59 bits per heavy atom. The largest absolute Gasteiger partial charge is 0.446 e. The summed E-state index contributed by atoms with van der Waals surface area (Å²) < 4.78 is 5.79. The molecule has 0 bridgehead atoms. The van der Waals surface area contributed by atoms with E-state index in [0.29, 0.717) is 38.8 Å². The Kier molecular flexibility index (Phi) is 6.58. The van der Waals surface area contributed by atoms with Gasteiger partial charge < -0.3 is 9.64 Å². The minimum absolute atomic E-state index is 0.0519. The van der Waals surface area contributed by atoms with Gasteiger partial charge in [-0.25, -0.2) is 4.79 Å². The smallest absolute Gasteiger partial charge is 0.410 e. The molecular formula is C26H31ClN4O3. The van der Waals surface area contributed by atoms with E-state index in [1.165, 1.54) is 16.7 Å². The van der Waals surface area contributed by atoms with Gasteiger partial charge in [0, 0.05) is 37.4 Å². The second-order valence-corrected chi connectivity index (χ2v) is 10.4.